The van der Waals surface area contributed by atoms with Gasteiger partial charge in [0.15, 0.2) is 5.78 Å². The van der Waals surface area contributed by atoms with Gasteiger partial charge >= 0.3 is 0 Å². The standard InChI is InChI=1S/C24H23N5O3S/c1-24(2)12-18-20(19(30)13-24)21(16-6-4-3-5-7-16)28-22(25-18)26-23(27-28)33-14-15-8-10-17(11-9-15)29(31)32/h3-11,21H,12-14H2,1-2H3,(H,25,26,27). The number of anilines is 1. The molecule has 5 rings (SSSR count). The van der Waals surface area contributed by atoms with Gasteiger partial charge in [-0.2, -0.15) is 4.98 Å². The summed E-state index contributed by atoms with van der Waals surface area (Å²) in [4.78, 5) is 28.4. The minimum atomic E-state index is -0.408. The number of rotatable bonds is 5. The number of nitro benzene ring substituents is 1. The predicted octanol–water partition coefficient (Wildman–Crippen LogP) is 5.14. The molecule has 2 aromatic carbocycles. The molecule has 0 fully saturated rings. The van der Waals surface area contributed by atoms with Crippen LogP contribution in [0, 0.1) is 15.5 Å². The number of hydrogen-bond donors (Lipinski definition) is 1. The number of thioether (sulfide) groups is 1. The lowest BCUT2D eigenvalue weighted by atomic mass is 9.73. The summed E-state index contributed by atoms with van der Waals surface area (Å²) in [5.74, 6) is 1.35. The molecule has 0 saturated heterocycles. The molecular formula is C24H23N5O3S. The molecular weight excluding hydrogens is 438 g/mol. The first-order chi connectivity index (χ1) is 15.8. The van der Waals surface area contributed by atoms with Crippen molar-refractivity contribution < 1.29 is 9.72 Å². The molecule has 9 heteroatoms. The van der Waals surface area contributed by atoms with Crippen LogP contribution in [0.4, 0.5) is 11.6 Å². The van der Waals surface area contributed by atoms with Crippen molar-refractivity contribution in [3.8, 4) is 0 Å². The van der Waals surface area contributed by atoms with Crippen LogP contribution in [0.5, 0.6) is 0 Å². The summed E-state index contributed by atoms with van der Waals surface area (Å²) >= 11 is 1.46. The summed E-state index contributed by atoms with van der Waals surface area (Å²) in [7, 11) is 0. The second-order valence-corrected chi connectivity index (χ2v) is 10.1. The van der Waals surface area contributed by atoms with Crippen LogP contribution in [-0.2, 0) is 10.5 Å². The molecule has 33 heavy (non-hydrogen) atoms. The zero-order valence-corrected chi connectivity index (χ0v) is 19.1. The molecule has 2 aliphatic rings. The van der Waals surface area contributed by atoms with E-state index >= 15 is 0 Å². The molecule has 8 nitrogen and oxygen atoms in total. The Kier molecular flexibility index (Phi) is 5.28. The highest BCUT2D eigenvalue weighted by molar-refractivity contribution is 7.98. The lowest BCUT2D eigenvalue weighted by Gasteiger charge is -2.38. The van der Waals surface area contributed by atoms with Crippen LogP contribution in [-0.4, -0.2) is 25.5 Å². The van der Waals surface area contributed by atoms with Gasteiger partial charge in [-0.25, -0.2) is 4.68 Å². The van der Waals surface area contributed by atoms with Crippen LogP contribution >= 0.6 is 11.8 Å². The molecule has 1 aliphatic heterocycles. The van der Waals surface area contributed by atoms with Crippen molar-refractivity contribution in [2.45, 2.75) is 43.6 Å². The molecule has 168 valence electrons. The summed E-state index contributed by atoms with van der Waals surface area (Å²) < 4.78 is 1.81. The maximum atomic E-state index is 13.2. The number of carbonyl (C=O) groups is 1. The highest BCUT2D eigenvalue weighted by Gasteiger charge is 2.41. The number of allylic oxidation sites excluding steroid dienone is 2. The van der Waals surface area contributed by atoms with Gasteiger partial charge in [-0.15, -0.1) is 5.10 Å². The Bertz CT molecular complexity index is 1270. The Morgan fingerprint density at radius 1 is 1.15 bits per heavy atom. The van der Waals surface area contributed by atoms with Crippen LogP contribution in [0.25, 0.3) is 0 Å². The van der Waals surface area contributed by atoms with Gasteiger partial charge in [0, 0.05) is 35.6 Å². The first-order valence-corrected chi connectivity index (χ1v) is 11.7. The van der Waals surface area contributed by atoms with Crippen molar-refractivity contribution in [3.05, 3.63) is 87.1 Å². The number of carbonyl (C=O) groups excluding carboxylic acids is 1. The predicted molar refractivity (Wildman–Crippen MR) is 126 cm³/mol. The summed E-state index contributed by atoms with van der Waals surface area (Å²) in [5, 5.41) is 19.6. The molecule has 1 atom stereocenters. The van der Waals surface area contributed by atoms with Gasteiger partial charge in [-0.05, 0) is 23.0 Å². The fourth-order valence-corrected chi connectivity index (χ4v) is 5.24. The van der Waals surface area contributed by atoms with E-state index in [9.17, 15) is 14.9 Å². The number of nitrogens with one attached hydrogen (secondary N) is 1. The molecule has 0 spiro atoms. The fraction of sp³-hybridized carbons (Fsp3) is 0.292. The number of fused-ring (bicyclic) bond motifs is 1. The van der Waals surface area contributed by atoms with Gasteiger partial charge in [0.1, 0.15) is 6.04 Å². The van der Waals surface area contributed by atoms with Gasteiger partial charge in [0.05, 0.1) is 4.92 Å². The van der Waals surface area contributed by atoms with E-state index in [4.69, 9.17) is 10.1 Å². The summed E-state index contributed by atoms with van der Waals surface area (Å²) in [6.45, 7) is 4.22. The Labute approximate surface area is 195 Å². The van der Waals surface area contributed by atoms with Gasteiger partial charge < -0.3 is 5.32 Å². The fourth-order valence-electron chi connectivity index (χ4n) is 4.46. The van der Waals surface area contributed by atoms with Crippen molar-refractivity contribution >= 4 is 29.2 Å². The van der Waals surface area contributed by atoms with E-state index in [0.717, 1.165) is 28.8 Å². The maximum absolute atomic E-state index is 13.2. The van der Waals surface area contributed by atoms with Crippen molar-refractivity contribution in [3.63, 3.8) is 0 Å². The smallest absolute Gasteiger partial charge is 0.269 e. The lowest BCUT2D eigenvalue weighted by molar-refractivity contribution is -0.384. The minimum absolute atomic E-state index is 0.0680. The van der Waals surface area contributed by atoms with E-state index in [2.05, 4.69) is 19.2 Å². The Morgan fingerprint density at radius 3 is 2.58 bits per heavy atom. The van der Waals surface area contributed by atoms with Crippen LogP contribution < -0.4 is 5.32 Å². The van der Waals surface area contributed by atoms with Gasteiger partial charge in [-0.3, -0.25) is 14.9 Å². The summed E-state index contributed by atoms with van der Waals surface area (Å²) in [6.07, 6.45) is 1.28. The number of non-ortho nitro benzene ring substituents is 1. The summed E-state index contributed by atoms with van der Waals surface area (Å²) in [5.41, 5.74) is 3.60. The number of benzene rings is 2. The van der Waals surface area contributed by atoms with Crippen molar-refractivity contribution in [2.24, 2.45) is 5.41 Å². The second kappa shape index (κ2) is 8.15. The Morgan fingerprint density at radius 2 is 1.88 bits per heavy atom. The van der Waals surface area contributed by atoms with E-state index in [0.29, 0.717) is 23.3 Å². The van der Waals surface area contributed by atoms with Crippen LogP contribution in [0.1, 0.15) is 43.9 Å². The first-order valence-electron chi connectivity index (χ1n) is 10.7. The quantitative estimate of drug-likeness (QED) is 0.319. The van der Waals surface area contributed by atoms with E-state index in [1.54, 1.807) is 12.1 Å². The first kappa shape index (κ1) is 21.4. The van der Waals surface area contributed by atoms with E-state index < -0.39 is 4.92 Å². The van der Waals surface area contributed by atoms with Crippen molar-refractivity contribution in [2.75, 3.05) is 5.32 Å². The molecule has 2 heterocycles. The third kappa shape index (κ3) is 4.16. The van der Waals surface area contributed by atoms with Gasteiger partial charge in [0.25, 0.3) is 5.69 Å². The highest BCUT2D eigenvalue weighted by Crippen LogP contribution is 2.45. The number of hydrogen-bond acceptors (Lipinski definition) is 7. The van der Waals surface area contributed by atoms with Crippen molar-refractivity contribution in [1.29, 1.82) is 0 Å². The number of aromatic nitrogens is 3. The van der Waals surface area contributed by atoms with Crippen molar-refractivity contribution in [1.82, 2.24) is 14.8 Å². The average Bonchev–Trinajstić information content (AvgIpc) is 3.18. The Balaban J connectivity index is 1.46. The lowest BCUT2D eigenvalue weighted by Crippen LogP contribution is -2.36. The second-order valence-electron chi connectivity index (χ2n) is 9.15. The zero-order valence-electron chi connectivity index (χ0n) is 18.3. The number of ketones is 1. The molecule has 0 amide bonds. The molecule has 0 bridgehead atoms. The monoisotopic (exact) mass is 461 g/mol. The highest BCUT2D eigenvalue weighted by atomic mass is 32.2. The topological polar surface area (TPSA) is 103 Å². The number of nitro groups is 1. The normalized spacial score (nSPS) is 19.0. The maximum Gasteiger partial charge on any atom is 0.269 e. The Hall–Kier alpha value is -3.46. The van der Waals surface area contributed by atoms with Crippen LogP contribution in [0.2, 0.25) is 0 Å². The SMILES string of the molecule is CC1(C)CC(=O)C2=C(C1)Nc1nc(SCc3ccc([N+](=O)[O-])cc3)nn1C2c1ccccc1. The van der Waals surface area contributed by atoms with E-state index in [-0.39, 0.29) is 22.9 Å². The average molecular weight is 462 g/mol. The molecule has 1 aliphatic carbocycles. The number of nitrogens with zero attached hydrogens (tertiary/aromatic N) is 4. The molecule has 0 saturated carbocycles. The molecule has 0 radical (unpaired) electrons. The van der Waals surface area contributed by atoms with Gasteiger partial charge in [0.2, 0.25) is 11.1 Å². The zero-order chi connectivity index (χ0) is 23.2. The van der Waals surface area contributed by atoms with Gasteiger partial charge in [-0.1, -0.05) is 68.1 Å². The van der Waals surface area contributed by atoms with Crippen LogP contribution in [0.15, 0.2) is 71.0 Å². The van der Waals surface area contributed by atoms with E-state index in [1.165, 1.54) is 23.9 Å². The van der Waals surface area contributed by atoms with E-state index in [1.807, 2.05) is 35.0 Å². The largest absolute Gasteiger partial charge is 0.328 e. The third-order valence-electron chi connectivity index (χ3n) is 5.94. The van der Waals surface area contributed by atoms with Crippen LogP contribution in [0.3, 0.4) is 0 Å². The molecule has 1 unspecified atom stereocenters. The molecule has 1 aromatic heterocycles. The molecule has 1 N–H and O–H groups in total. The third-order valence-corrected chi connectivity index (χ3v) is 6.85. The minimum Gasteiger partial charge on any atom is -0.328 e. The summed E-state index contributed by atoms with van der Waals surface area (Å²) in [6, 6.07) is 16.1. The molecule has 3 aromatic rings. The number of Topliss-reactive ketones (excluding diaryl/α,β-unsaturated/α-hetero) is 1.